The number of H-pyrrole nitrogens is 1. The summed E-state index contributed by atoms with van der Waals surface area (Å²) in [6, 6.07) is 1.83. The van der Waals surface area contributed by atoms with Crippen molar-refractivity contribution in [2.45, 2.75) is 50.0 Å². The normalized spacial score (nSPS) is 23.8. The highest BCUT2D eigenvalue weighted by atomic mass is 19.4. The molecule has 13 heteroatoms. The Kier molecular flexibility index (Phi) is 6.07. The molecule has 1 atom stereocenters. The molecule has 4 heterocycles. The highest BCUT2D eigenvalue weighted by Gasteiger charge is 2.49. The van der Waals surface area contributed by atoms with Gasteiger partial charge >= 0.3 is 12.2 Å². The first kappa shape index (κ1) is 24.1. The summed E-state index contributed by atoms with van der Waals surface area (Å²) in [5, 5.41) is 17.0. The molecule has 1 saturated heterocycles. The molecule has 5 rings (SSSR count). The standard InChI is InChI=1S/C23H26F3N9O/c1-15(23(24,25)26)32-21(36)34-8-6-33(7-9-34)17-10-22(11-17,3-4-27)35-13-16(12-31-35)19-18-2-5-28-20(18)30-14-29-19/h2,5,12-15,17H,3,6-11H2,1H3,(H,32,36)(H,28,29,30)/t15-,17-,22-/m0/s1. The summed E-state index contributed by atoms with van der Waals surface area (Å²) in [6.45, 7) is 2.77. The first-order valence-electron chi connectivity index (χ1n) is 11.8. The number of nitriles is 1. The quantitative estimate of drug-likeness (QED) is 0.555. The van der Waals surface area contributed by atoms with E-state index in [2.05, 4.69) is 31.0 Å². The van der Waals surface area contributed by atoms with Crippen LogP contribution in [0.1, 0.15) is 26.2 Å². The molecular weight excluding hydrogens is 475 g/mol. The van der Waals surface area contributed by atoms with E-state index >= 15 is 0 Å². The maximum absolute atomic E-state index is 12.7. The number of urea groups is 1. The van der Waals surface area contributed by atoms with Crippen LogP contribution in [0.25, 0.3) is 22.3 Å². The number of carbonyl (C=O) groups excluding carboxylic acids is 1. The molecule has 1 aliphatic carbocycles. The molecule has 190 valence electrons. The zero-order valence-corrected chi connectivity index (χ0v) is 19.7. The van der Waals surface area contributed by atoms with Gasteiger partial charge in [-0.1, -0.05) is 0 Å². The summed E-state index contributed by atoms with van der Waals surface area (Å²) in [4.78, 5) is 27.6. The molecule has 10 nitrogen and oxygen atoms in total. The van der Waals surface area contributed by atoms with Crippen molar-refractivity contribution in [2.24, 2.45) is 0 Å². The first-order chi connectivity index (χ1) is 17.2. The molecule has 3 aromatic rings. The number of alkyl halides is 3. The van der Waals surface area contributed by atoms with Crippen LogP contribution < -0.4 is 5.32 Å². The number of aromatic amines is 1. The Balaban J connectivity index is 1.22. The SMILES string of the molecule is C[C@H](NC(=O)N1CCN([C@H]2C[C@](CC#N)(n3cc(-c4ncnc5[nH]ccc45)cn3)C2)CC1)C(F)(F)F. The van der Waals surface area contributed by atoms with Gasteiger partial charge in [-0.15, -0.1) is 0 Å². The molecule has 2 aliphatic rings. The predicted octanol–water partition coefficient (Wildman–Crippen LogP) is 2.87. The van der Waals surface area contributed by atoms with E-state index in [0.29, 0.717) is 32.6 Å². The molecular formula is C23H26F3N9O. The van der Waals surface area contributed by atoms with E-state index in [-0.39, 0.29) is 6.04 Å². The molecule has 3 aromatic heterocycles. The highest BCUT2D eigenvalue weighted by Crippen LogP contribution is 2.45. The molecule has 2 amide bonds. The number of piperazine rings is 1. The number of halogens is 3. The second-order valence-electron chi connectivity index (χ2n) is 9.49. The van der Waals surface area contributed by atoms with Crippen LogP contribution in [0.15, 0.2) is 31.0 Å². The molecule has 36 heavy (non-hydrogen) atoms. The van der Waals surface area contributed by atoms with Crippen LogP contribution in [0.3, 0.4) is 0 Å². The maximum atomic E-state index is 12.7. The Morgan fingerprint density at radius 2 is 2.06 bits per heavy atom. The van der Waals surface area contributed by atoms with Gasteiger partial charge in [0.25, 0.3) is 0 Å². The Morgan fingerprint density at radius 1 is 1.31 bits per heavy atom. The third-order valence-electron chi connectivity index (χ3n) is 7.28. The number of aromatic nitrogens is 5. The molecule has 0 spiro atoms. The fourth-order valence-electron chi connectivity index (χ4n) is 5.09. The van der Waals surface area contributed by atoms with Gasteiger partial charge < -0.3 is 15.2 Å². The highest BCUT2D eigenvalue weighted by molar-refractivity contribution is 5.90. The van der Waals surface area contributed by atoms with E-state index in [0.717, 1.165) is 42.1 Å². The van der Waals surface area contributed by atoms with E-state index in [1.165, 1.54) is 11.2 Å². The Hall–Kier alpha value is -3.66. The van der Waals surface area contributed by atoms with Crippen molar-refractivity contribution in [3.8, 4) is 17.3 Å². The molecule has 0 radical (unpaired) electrons. The summed E-state index contributed by atoms with van der Waals surface area (Å²) < 4.78 is 40.1. The van der Waals surface area contributed by atoms with Crippen molar-refractivity contribution in [1.29, 1.82) is 5.26 Å². The Morgan fingerprint density at radius 3 is 2.75 bits per heavy atom. The minimum Gasteiger partial charge on any atom is -0.346 e. The molecule has 0 aromatic carbocycles. The molecule has 2 fully saturated rings. The second kappa shape index (κ2) is 9.09. The van der Waals surface area contributed by atoms with Gasteiger partial charge in [0.15, 0.2) is 0 Å². The van der Waals surface area contributed by atoms with Crippen molar-refractivity contribution in [2.75, 3.05) is 26.2 Å². The van der Waals surface area contributed by atoms with E-state index in [9.17, 15) is 23.2 Å². The number of hydrogen-bond donors (Lipinski definition) is 2. The lowest BCUT2D eigenvalue weighted by Gasteiger charge is -2.52. The minimum absolute atomic E-state index is 0.209. The van der Waals surface area contributed by atoms with Crippen LogP contribution in [0.4, 0.5) is 18.0 Å². The number of amides is 2. The summed E-state index contributed by atoms with van der Waals surface area (Å²) in [7, 11) is 0. The van der Waals surface area contributed by atoms with Crippen LogP contribution in [-0.4, -0.2) is 85.0 Å². The molecule has 2 N–H and O–H groups in total. The lowest BCUT2D eigenvalue weighted by atomic mass is 9.70. The average molecular weight is 502 g/mol. The zero-order chi connectivity index (χ0) is 25.5. The fraction of sp³-hybridized carbons (Fsp3) is 0.522. The van der Waals surface area contributed by atoms with Crippen molar-refractivity contribution < 1.29 is 18.0 Å². The Labute approximate surface area is 205 Å². The van der Waals surface area contributed by atoms with Crippen molar-refractivity contribution in [1.82, 2.24) is 39.8 Å². The number of fused-ring (bicyclic) bond motifs is 1. The first-order valence-corrected chi connectivity index (χ1v) is 11.8. The van der Waals surface area contributed by atoms with Gasteiger partial charge in [0.1, 0.15) is 18.0 Å². The van der Waals surface area contributed by atoms with Crippen molar-refractivity contribution in [3.63, 3.8) is 0 Å². The monoisotopic (exact) mass is 501 g/mol. The van der Waals surface area contributed by atoms with E-state index in [4.69, 9.17) is 0 Å². The summed E-state index contributed by atoms with van der Waals surface area (Å²) in [5.74, 6) is 0. The third-order valence-corrected chi connectivity index (χ3v) is 7.28. The minimum atomic E-state index is -4.47. The van der Waals surface area contributed by atoms with E-state index < -0.39 is 23.8 Å². The fourth-order valence-corrected chi connectivity index (χ4v) is 5.09. The van der Waals surface area contributed by atoms with Crippen LogP contribution in [0, 0.1) is 11.3 Å². The van der Waals surface area contributed by atoms with Crippen molar-refractivity contribution in [3.05, 3.63) is 31.0 Å². The number of nitrogens with zero attached hydrogens (tertiary/aromatic N) is 7. The zero-order valence-electron chi connectivity index (χ0n) is 19.7. The Bertz CT molecular complexity index is 1280. The van der Waals surface area contributed by atoms with Crippen LogP contribution in [0.2, 0.25) is 0 Å². The lowest BCUT2D eigenvalue weighted by molar-refractivity contribution is -0.149. The molecule has 1 saturated carbocycles. The van der Waals surface area contributed by atoms with E-state index in [1.54, 1.807) is 12.4 Å². The summed E-state index contributed by atoms with van der Waals surface area (Å²) >= 11 is 0. The topological polar surface area (TPSA) is 119 Å². The maximum Gasteiger partial charge on any atom is 0.408 e. The average Bonchev–Trinajstić information content (AvgIpc) is 3.50. The number of nitrogens with one attached hydrogen (secondary N) is 2. The van der Waals surface area contributed by atoms with Crippen molar-refractivity contribution >= 4 is 17.1 Å². The van der Waals surface area contributed by atoms with Gasteiger partial charge in [0, 0.05) is 55.6 Å². The van der Waals surface area contributed by atoms with Gasteiger partial charge in [0.2, 0.25) is 0 Å². The van der Waals surface area contributed by atoms with Gasteiger partial charge in [-0.3, -0.25) is 9.58 Å². The van der Waals surface area contributed by atoms with Gasteiger partial charge in [-0.25, -0.2) is 14.8 Å². The van der Waals surface area contributed by atoms with Gasteiger partial charge in [-0.2, -0.15) is 23.5 Å². The number of rotatable bonds is 5. The smallest absolute Gasteiger partial charge is 0.346 e. The summed E-state index contributed by atoms with van der Waals surface area (Å²) in [6.07, 6.45) is 4.27. The van der Waals surface area contributed by atoms with Crippen LogP contribution >= 0.6 is 0 Å². The van der Waals surface area contributed by atoms with Gasteiger partial charge in [-0.05, 0) is 25.8 Å². The molecule has 0 unspecified atom stereocenters. The molecule has 1 aliphatic heterocycles. The van der Waals surface area contributed by atoms with Crippen LogP contribution in [-0.2, 0) is 5.54 Å². The second-order valence-corrected chi connectivity index (χ2v) is 9.49. The predicted molar refractivity (Wildman–Crippen MR) is 124 cm³/mol. The molecule has 0 bridgehead atoms. The lowest BCUT2D eigenvalue weighted by Crippen LogP contribution is -2.62. The third kappa shape index (κ3) is 4.37. The largest absolute Gasteiger partial charge is 0.408 e. The number of carbonyl (C=O) groups is 1. The van der Waals surface area contributed by atoms with E-state index in [1.807, 2.05) is 22.3 Å². The van der Waals surface area contributed by atoms with Gasteiger partial charge in [0.05, 0.1) is 29.9 Å². The number of hydrogen-bond acceptors (Lipinski definition) is 6. The van der Waals surface area contributed by atoms with Crippen LogP contribution in [0.5, 0.6) is 0 Å². The summed E-state index contributed by atoms with van der Waals surface area (Å²) in [5.41, 5.74) is 1.92.